The Bertz CT molecular complexity index is 1090. The van der Waals surface area contributed by atoms with Crippen LogP contribution in [0.5, 0.6) is 5.75 Å². The largest absolute Gasteiger partial charge is 0.476 e. The van der Waals surface area contributed by atoms with Gasteiger partial charge in [-0.3, -0.25) is 4.57 Å². The molecule has 0 atom stereocenters. The molecule has 1 aromatic heterocycles. The van der Waals surface area contributed by atoms with Gasteiger partial charge in [-0.2, -0.15) is 5.10 Å². The van der Waals surface area contributed by atoms with Gasteiger partial charge in [0.05, 0.1) is 6.61 Å². The maximum Gasteiger partial charge on any atom is 0.349 e. The minimum Gasteiger partial charge on any atom is -0.476 e. The smallest absolute Gasteiger partial charge is 0.349 e. The predicted molar refractivity (Wildman–Crippen MR) is 167 cm³/mol. The van der Waals surface area contributed by atoms with Crippen LogP contribution in [-0.2, 0) is 35.5 Å². The van der Waals surface area contributed by atoms with Crippen LogP contribution in [0, 0.1) is 0 Å². The first-order valence-electron chi connectivity index (χ1n) is 15.0. The van der Waals surface area contributed by atoms with Crippen LogP contribution in [0.1, 0.15) is 106 Å². The Hall–Kier alpha value is -3.09. The molecule has 0 aliphatic carbocycles. The summed E-state index contributed by atoms with van der Waals surface area (Å²) in [6.45, 7) is 21.2. The summed E-state index contributed by atoms with van der Waals surface area (Å²) in [7, 11) is 0. The Labute approximate surface area is 243 Å². The number of ether oxygens (including phenoxy) is 2. The lowest BCUT2D eigenvalue weighted by molar-refractivity contribution is -0.158. The van der Waals surface area contributed by atoms with Gasteiger partial charge in [0.2, 0.25) is 0 Å². The van der Waals surface area contributed by atoms with E-state index in [0.717, 1.165) is 49.9 Å². The van der Waals surface area contributed by atoms with Crippen LogP contribution in [0.2, 0.25) is 0 Å². The van der Waals surface area contributed by atoms with Crippen LogP contribution in [0.3, 0.4) is 0 Å². The second-order valence-electron chi connectivity index (χ2n) is 9.75. The standard InChI is InChI=1S/C23H35N3O4.C8H14.C2H6/c1-6-16-25-20(24-26(7-2)22(25)28)15-10-9-12-18-13-11-14-19(17-18)30-23(4,5)21(27)29-8-3;1-4-6-7-8(3)5-2;1-2/h11,13-14,17H,6-10,12,15-16H2,1-5H3;4,6-7H,5H2,1-3H3;1-2H3/b;6-4-,8-7-;. The molecule has 40 heavy (non-hydrogen) atoms. The normalized spacial score (nSPS) is 11.4. The van der Waals surface area contributed by atoms with Crippen LogP contribution in [0.4, 0.5) is 0 Å². The molecule has 0 spiro atoms. The van der Waals surface area contributed by atoms with E-state index in [1.165, 1.54) is 10.3 Å². The van der Waals surface area contributed by atoms with Gasteiger partial charge in [-0.05, 0) is 91.3 Å². The molecule has 0 bridgehead atoms. The van der Waals surface area contributed by atoms with Gasteiger partial charge in [0.25, 0.3) is 0 Å². The van der Waals surface area contributed by atoms with Crippen molar-refractivity contribution in [1.29, 1.82) is 0 Å². The van der Waals surface area contributed by atoms with Crippen molar-refractivity contribution in [2.75, 3.05) is 6.61 Å². The Balaban J connectivity index is 0.00000130. The molecular weight excluding hydrogens is 502 g/mol. The number of rotatable bonds is 14. The molecule has 0 aliphatic rings. The van der Waals surface area contributed by atoms with Crippen LogP contribution >= 0.6 is 0 Å². The van der Waals surface area contributed by atoms with Gasteiger partial charge in [0, 0.05) is 19.5 Å². The van der Waals surface area contributed by atoms with E-state index in [0.29, 0.717) is 25.4 Å². The third-order valence-electron chi connectivity index (χ3n) is 6.03. The van der Waals surface area contributed by atoms with Crippen molar-refractivity contribution in [1.82, 2.24) is 14.3 Å². The van der Waals surface area contributed by atoms with Crippen molar-refractivity contribution in [2.24, 2.45) is 0 Å². The number of aryl methyl sites for hydroxylation is 3. The maximum absolute atomic E-state index is 12.3. The van der Waals surface area contributed by atoms with Crippen LogP contribution in [-0.4, -0.2) is 32.5 Å². The molecule has 1 heterocycles. The summed E-state index contributed by atoms with van der Waals surface area (Å²) in [6, 6.07) is 7.82. The summed E-state index contributed by atoms with van der Waals surface area (Å²) in [5, 5.41) is 4.48. The number of benzene rings is 1. The number of allylic oxidation sites excluding steroid dienone is 4. The molecule has 7 heteroatoms. The number of carbonyl (C=O) groups is 1. The zero-order valence-corrected chi connectivity index (χ0v) is 26.9. The Kier molecular flexibility index (Phi) is 19.2. The van der Waals surface area contributed by atoms with E-state index in [2.05, 4.69) is 44.1 Å². The summed E-state index contributed by atoms with van der Waals surface area (Å²) in [4.78, 5) is 24.4. The first-order chi connectivity index (χ1) is 19.1. The highest BCUT2D eigenvalue weighted by molar-refractivity contribution is 5.79. The fourth-order valence-corrected chi connectivity index (χ4v) is 3.72. The predicted octanol–water partition coefficient (Wildman–Crippen LogP) is 7.71. The minimum absolute atomic E-state index is 0.0107. The monoisotopic (exact) mass is 557 g/mol. The van der Waals surface area contributed by atoms with Gasteiger partial charge >= 0.3 is 11.7 Å². The number of hydrogen-bond donors (Lipinski definition) is 0. The average Bonchev–Trinajstić information content (AvgIpc) is 3.25. The van der Waals surface area contributed by atoms with Crippen molar-refractivity contribution >= 4 is 5.97 Å². The molecule has 0 N–H and O–H groups in total. The molecule has 0 unspecified atom stereocenters. The first-order valence-corrected chi connectivity index (χ1v) is 15.0. The third kappa shape index (κ3) is 13.3. The van der Waals surface area contributed by atoms with Gasteiger partial charge < -0.3 is 9.47 Å². The summed E-state index contributed by atoms with van der Waals surface area (Å²) in [5.74, 6) is 1.15. The molecule has 0 aliphatic heterocycles. The molecule has 7 nitrogen and oxygen atoms in total. The summed E-state index contributed by atoms with van der Waals surface area (Å²) < 4.78 is 14.3. The second-order valence-corrected chi connectivity index (χ2v) is 9.75. The Morgan fingerprint density at radius 3 is 2.33 bits per heavy atom. The average molecular weight is 558 g/mol. The van der Waals surface area contributed by atoms with Crippen LogP contribution in [0.15, 0.2) is 52.9 Å². The quantitative estimate of drug-likeness (QED) is 0.135. The van der Waals surface area contributed by atoms with Crippen molar-refractivity contribution < 1.29 is 14.3 Å². The summed E-state index contributed by atoms with van der Waals surface area (Å²) in [6.07, 6.45) is 11.9. The lowest BCUT2D eigenvalue weighted by atomic mass is 10.1. The molecule has 226 valence electrons. The van der Waals surface area contributed by atoms with E-state index < -0.39 is 5.60 Å². The molecular formula is C33H55N3O4. The topological polar surface area (TPSA) is 75.3 Å². The van der Waals surface area contributed by atoms with E-state index >= 15 is 0 Å². The molecule has 2 rings (SSSR count). The van der Waals surface area contributed by atoms with Crippen LogP contribution < -0.4 is 10.4 Å². The molecule has 2 aromatic rings. The Morgan fingerprint density at radius 1 is 1.07 bits per heavy atom. The molecule has 0 saturated carbocycles. The highest BCUT2D eigenvalue weighted by atomic mass is 16.6. The maximum atomic E-state index is 12.3. The molecule has 1 aromatic carbocycles. The number of aromatic nitrogens is 3. The molecule has 0 amide bonds. The second kappa shape index (κ2) is 20.8. The van der Waals surface area contributed by atoms with Crippen molar-refractivity contribution in [3.05, 3.63) is 69.9 Å². The minimum atomic E-state index is -1.03. The zero-order chi connectivity index (χ0) is 30.6. The summed E-state index contributed by atoms with van der Waals surface area (Å²) >= 11 is 0. The Morgan fingerprint density at radius 2 is 1.75 bits per heavy atom. The van der Waals surface area contributed by atoms with Crippen molar-refractivity contribution in [3.8, 4) is 5.75 Å². The number of nitrogens with zero attached hydrogens (tertiary/aromatic N) is 3. The van der Waals surface area contributed by atoms with E-state index in [1.54, 1.807) is 25.3 Å². The van der Waals surface area contributed by atoms with Gasteiger partial charge in [-0.15, -0.1) is 0 Å². The summed E-state index contributed by atoms with van der Waals surface area (Å²) in [5.41, 5.74) is 1.54. The van der Waals surface area contributed by atoms with E-state index in [-0.39, 0.29) is 11.7 Å². The van der Waals surface area contributed by atoms with Crippen molar-refractivity contribution in [3.63, 3.8) is 0 Å². The SMILES string of the molecule is C/C=C\C=C(\C)CC.CC.CCCn1c(CCCCc2cccc(OC(C)(C)C(=O)OCC)c2)nn(CC)c1=O. The molecule has 0 fully saturated rings. The number of carbonyl (C=O) groups excluding carboxylic acids is 1. The van der Waals surface area contributed by atoms with Gasteiger partial charge in [0.15, 0.2) is 5.60 Å². The fourth-order valence-electron chi connectivity index (χ4n) is 3.72. The number of hydrogen-bond acceptors (Lipinski definition) is 5. The molecule has 0 radical (unpaired) electrons. The van der Waals surface area contributed by atoms with Crippen molar-refractivity contribution in [2.45, 2.75) is 126 Å². The first kappa shape index (κ1) is 36.9. The van der Waals surface area contributed by atoms with Gasteiger partial charge in [-0.25, -0.2) is 14.3 Å². The van der Waals surface area contributed by atoms with Gasteiger partial charge in [-0.1, -0.05) is 63.6 Å². The highest BCUT2D eigenvalue weighted by Gasteiger charge is 2.31. The lowest BCUT2D eigenvalue weighted by Gasteiger charge is -2.24. The van der Waals surface area contributed by atoms with Gasteiger partial charge in [0.1, 0.15) is 11.6 Å². The third-order valence-corrected chi connectivity index (χ3v) is 6.03. The number of unbranched alkanes of at least 4 members (excludes halogenated alkanes) is 1. The molecule has 0 saturated heterocycles. The highest BCUT2D eigenvalue weighted by Crippen LogP contribution is 2.22. The lowest BCUT2D eigenvalue weighted by Crippen LogP contribution is -2.39. The zero-order valence-electron chi connectivity index (χ0n) is 26.9. The van der Waals surface area contributed by atoms with E-state index in [9.17, 15) is 9.59 Å². The number of esters is 1. The van der Waals surface area contributed by atoms with E-state index in [1.807, 2.05) is 52.0 Å². The van der Waals surface area contributed by atoms with Crippen LogP contribution in [0.25, 0.3) is 0 Å². The fraction of sp³-hybridized carbons (Fsp3) is 0.606. The van der Waals surface area contributed by atoms with E-state index in [4.69, 9.17) is 9.47 Å².